The molecule has 2 fully saturated rings. The number of amidine groups is 1. The number of carbonyl (C=O) groups excluding carboxylic acids is 3. The fraction of sp³-hybridized carbons (Fsp3) is 0.300. The van der Waals surface area contributed by atoms with Crippen LogP contribution in [0.15, 0.2) is 58.6 Å². The molecule has 0 radical (unpaired) electrons. The fourth-order valence-electron chi connectivity index (χ4n) is 4.60. The highest BCUT2D eigenvalue weighted by Gasteiger charge is 2.46. The number of esters is 1. The second-order valence-corrected chi connectivity index (χ2v) is 12.3. The van der Waals surface area contributed by atoms with Gasteiger partial charge in [-0.05, 0) is 80.7 Å². The number of likely N-dealkylation sites (N-methyl/N-ethyl adjacent to an activating group) is 1. The van der Waals surface area contributed by atoms with Crippen LogP contribution in [0.2, 0.25) is 5.02 Å². The van der Waals surface area contributed by atoms with E-state index < -0.39 is 23.7 Å². The summed E-state index contributed by atoms with van der Waals surface area (Å²) in [7, 11) is 2.10. The molecule has 1 aromatic heterocycles. The third kappa shape index (κ3) is 7.57. The fourth-order valence-corrected chi connectivity index (χ4v) is 5.59. The number of pyridine rings is 1. The number of hydrogen-bond donors (Lipinski definition) is 2. The minimum atomic E-state index is -5.25. The first-order valence-electron chi connectivity index (χ1n) is 13.7. The standard InChI is InChI=1S/C30H28ClF3N6O4S/c1-29(2,44-27(43)30(32,33)34)26(42)36-18-5-6-20(31)22(16-18)37-28-38-25(41)24(45-28)15-17-4-7-21-19(14-17)23(8-9-35-21)40-12-10-39(3)11-13-40/h4-9,14-16H,10-13H2,1-3H3,(H,36,42)(H,37,38,41)/b24-15-. The third-order valence-electron chi connectivity index (χ3n) is 7.09. The number of benzene rings is 2. The van der Waals surface area contributed by atoms with Crippen molar-refractivity contribution in [3.05, 3.63) is 64.2 Å². The van der Waals surface area contributed by atoms with Gasteiger partial charge in [0.25, 0.3) is 11.8 Å². The van der Waals surface area contributed by atoms with Crippen LogP contribution in [0.1, 0.15) is 19.4 Å². The molecule has 0 aliphatic carbocycles. The number of rotatable bonds is 6. The van der Waals surface area contributed by atoms with Gasteiger partial charge in [0, 0.05) is 49.1 Å². The maximum atomic E-state index is 12.8. The summed E-state index contributed by atoms with van der Waals surface area (Å²) in [5, 5.41) is 6.50. The largest absolute Gasteiger partial charge is 0.490 e. The van der Waals surface area contributed by atoms with E-state index in [0.29, 0.717) is 4.91 Å². The predicted molar refractivity (Wildman–Crippen MR) is 169 cm³/mol. The molecule has 45 heavy (non-hydrogen) atoms. The van der Waals surface area contributed by atoms with Gasteiger partial charge in [0.15, 0.2) is 10.8 Å². The Kier molecular flexibility index (Phi) is 9.10. The molecule has 236 valence electrons. The molecule has 0 atom stereocenters. The summed E-state index contributed by atoms with van der Waals surface area (Å²) in [6, 6.07) is 12.0. The number of thioether (sulfide) groups is 1. The number of fused-ring (bicyclic) bond motifs is 1. The van der Waals surface area contributed by atoms with E-state index in [9.17, 15) is 27.6 Å². The number of aromatic nitrogens is 1. The Morgan fingerprint density at radius 1 is 1.11 bits per heavy atom. The Morgan fingerprint density at radius 2 is 1.84 bits per heavy atom. The van der Waals surface area contributed by atoms with Gasteiger partial charge in [0.2, 0.25) is 0 Å². The van der Waals surface area contributed by atoms with Crippen LogP contribution in [-0.4, -0.2) is 77.8 Å². The Balaban J connectivity index is 1.33. The maximum Gasteiger partial charge on any atom is 0.490 e. The van der Waals surface area contributed by atoms with E-state index in [0.717, 1.165) is 73.9 Å². The highest BCUT2D eigenvalue weighted by Crippen LogP contribution is 2.34. The zero-order valence-electron chi connectivity index (χ0n) is 24.4. The van der Waals surface area contributed by atoms with Gasteiger partial charge in [-0.3, -0.25) is 14.6 Å². The van der Waals surface area contributed by atoms with Gasteiger partial charge in [-0.15, -0.1) is 0 Å². The van der Waals surface area contributed by atoms with Gasteiger partial charge in [-0.2, -0.15) is 13.2 Å². The van der Waals surface area contributed by atoms with Crippen molar-refractivity contribution in [1.82, 2.24) is 15.2 Å². The van der Waals surface area contributed by atoms with Crippen molar-refractivity contribution in [2.24, 2.45) is 4.99 Å². The number of nitrogens with zero attached hydrogens (tertiary/aromatic N) is 4. The van der Waals surface area contributed by atoms with Crippen LogP contribution in [0.25, 0.3) is 17.0 Å². The van der Waals surface area contributed by atoms with Crippen molar-refractivity contribution >= 4 is 80.4 Å². The van der Waals surface area contributed by atoms with E-state index in [-0.39, 0.29) is 27.5 Å². The van der Waals surface area contributed by atoms with Crippen molar-refractivity contribution < 1.29 is 32.3 Å². The second-order valence-electron chi connectivity index (χ2n) is 10.9. The SMILES string of the molecule is CN1CCN(c2ccnc3ccc(/C=C4\SC(=Nc5cc(NC(=O)C(C)(C)OC(=O)C(F)(F)F)ccc5Cl)NC4=O)cc23)CC1. The summed E-state index contributed by atoms with van der Waals surface area (Å²) >= 11 is 7.40. The zero-order valence-corrected chi connectivity index (χ0v) is 25.9. The Morgan fingerprint density at radius 3 is 2.56 bits per heavy atom. The van der Waals surface area contributed by atoms with Crippen LogP contribution in [0.4, 0.5) is 30.2 Å². The minimum Gasteiger partial charge on any atom is -0.443 e. The maximum absolute atomic E-state index is 12.8. The predicted octanol–water partition coefficient (Wildman–Crippen LogP) is 5.35. The number of ether oxygens (including phenoxy) is 1. The molecule has 5 rings (SSSR count). The average Bonchev–Trinajstić information content (AvgIpc) is 3.32. The topological polar surface area (TPSA) is 116 Å². The van der Waals surface area contributed by atoms with Gasteiger partial charge < -0.3 is 25.2 Å². The van der Waals surface area contributed by atoms with Crippen LogP contribution in [0, 0.1) is 0 Å². The molecule has 2 N–H and O–H groups in total. The Labute approximate surface area is 265 Å². The van der Waals surface area contributed by atoms with Crippen molar-refractivity contribution in [2.45, 2.75) is 25.6 Å². The van der Waals surface area contributed by atoms with Gasteiger partial charge >= 0.3 is 12.1 Å². The molecule has 3 aromatic rings. The van der Waals surface area contributed by atoms with Crippen LogP contribution < -0.4 is 15.5 Å². The lowest BCUT2D eigenvalue weighted by Crippen LogP contribution is -2.44. The van der Waals surface area contributed by atoms with Gasteiger partial charge in [0.05, 0.1) is 21.1 Å². The van der Waals surface area contributed by atoms with Crippen LogP contribution in [0.5, 0.6) is 0 Å². The van der Waals surface area contributed by atoms with Crippen molar-refractivity contribution in [3.63, 3.8) is 0 Å². The van der Waals surface area contributed by atoms with Gasteiger partial charge in [0.1, 0.15) is 0 Å². The number of alkyl halides is 3. The smallest absolute Gasteiger partial charge is 0.443 e. The monoisotopic (exact) mass is 660 g/mol. The number of halogens is 4. The summed E-state index contributed by atoms with van der Waals surface area (Å²) in [5.74, 6) is -3.85. The highest BCUT2D eigenvalue weighted by molar-refractivity contribution is 8.18. The number of anilines is 2. The molecule has 2 aromatic carbocycles. The second kappa shape index (κ2) is 12.7. The number of hydrogen-bond acceptors (Lipinski definition) is 9. The lowest BCUT2D eigenvalue weighted by atomic mass is 10.1. The summed E-state index contributed by atoms with van der Waals surface area (Å²) in [6.45, 7) is 5.77. The number of piperazine rings is 1. The van der Waals surface area contributed by atoms with E-state index in [1.54, 1.807) is 12.3 Å². The van der Waals surface area contributed by atoms with Crippen molar-refractivity contribution in [3.8, 4) is 0 Å². The van der Waals surface area contributed by atoms with Gasteiger partial charge in [-0.1, -0.05) is 17.7 Å². The van der Waals surface area contributed by atoms with E-state index in [4.69, 9.17) is 11.6 Å². The molecule has 2 aliphatic rings. The third-order valence-corrected chi connectivity index (χ3v) is 8.32. The van der Waals surface area contributed by atoms with Crippen molar-refractivity contribution in [1.29, 1.82) is 0 Å². The molecule has 2 amide bonds. The van der Waals surface area contributed by atoms with E-state index >= 15 is 0 Å². The van der Waals surface area contributed by atoms with Crippen LogP contribution in [0.3, 0.4) is 0 Å². The Bertz CT molecular complexity index is 1740. The molecule has 2 saturated heterocycles. The quantitative estimate of drug-likeness (QED) is 0.269. The normalized spacial score (nSPS) is 18.0. The van der Waals surface area contributed by atoms with Gasteiger partial charge in [-0.25, -0.2) is 9.79 Å². The number of aliphatic imine (C=N–C) groups is 1. The summed E-state index contributed by atoms with van der Waals surface area (Å²) in [4.78, 5) is 50.6. The molecule has 0 spiro atoms. The molecular formula is C30H28ClF3N6O4S. The average molecular weight is 661 g/mol. The molecular weight excluding hydrogens is 633 g/mol. The minimum absolute atomic E-state index is 0.130. The first-order chi connectivity index (χ1) is 21.2. The first kappa shape index (κ1) is 32.3. The molecule has 0 saturated carbocycles. The van der Waals surface area contributed by atoms with E-state index in [2.05, 4.69) is 42.2 Å². The van der Waals surface area contributed by atoms with Crippen LogP contribution in [-0.2, 0) is 19.1 Å². The molecule has 2 aliphatic heterocycles. The first-order valence-corrected chi connectivity index (χ1v) is 14.9. The van der Waals surface area contributed by atoms with Crippen LogP contribution >= 0.6 is 23.4 Å². The Hall–Kier alpha value is -4.14. The molecule has 0 unspecified atom stereocenters. The molecule has 15 heteroatoms. The number of carbonyl (C=O) groups is 3. The lowest BCUT2D eigenvalue weighted by Gasteiger charge is -2.34. The van der Waals surface area contributed by atoms with E-state index in [1.807, 2.05) is 24.3 Å². The number of nitrogens with one attached hydrogen (secondary N) is 2. The molecule has 3 heterocycles. The summed E-state index contributed by atoms with van der Waals surface area (Å²) < 4.78 is 42.2. The molecule has 0 bridgehead atoms. The zero-order chi connectivity index (χ0) is 32.5. The molecule has 10 nitrogen and oxygen atoms in total. The highest BCUT2D eigenvalue weighted by atomic mass is 35.5. The van der Waals surface area contributed by atoms with E-state index in [1.165, 1.54) is 18.2 Å². The van der Waals surface area contributed by atoms with Crippen molar-refractivity contribution in [2.75, 3.05) is 43.4 Å². The number of amides is 2. The lowest BCUT2D eigenvalue weighted by molar-refractivity contribution is -0.211. The summed E-state index contributed by atoms with van der Waals surface area (Å²) in [5.41, 5.74) is 0.923. The summed E-state index contributed by atoms with van der Waals surface area (Å²) in [6.07, 6.45) is -1.70.